The van der Waals surface area contributed by atoms with Crippen LogP contribution >= 0.6 is 0 Å². The number of amides is 1. The van der Waals surface area contributed by atoms with Gasteiger partial charge < -0.3 is 9.88 Å². The predicted octanol–water partition coefficient (Wildman–Crippen LogP) is 1.87. The third kappa shape index (κ3) is 2.08. The number of hydrogen-bond acceptors (Lipinski definition) is 2. The molecule has 0 spiro atoms. The number of H-pyrrole nitrogens is 1. The van der Waals surface area contributed by atoms with Gasteiger partial charge in [-0.2, -0.15) is 0 Å². The molecule has 0 bridgehead atoms. The van der Waals surface area contributed by atoms with Crippen LogP contribution in [0, 0.1) is 5.92 Å². The third-order valence-corrected chi connectivity index (χ3v) is 4.04. The van der Waals surface area contributed by atoms with Crippen LogP contribution in [0.2, 0.25) is 0 Å². The van der Waals surface area contributed by atoms with Gasteiger partial charge in [0.1, 0.15) is 0 Å². The number of aromatic amines is 1. The van der Waals surface area contributed by atoms with Crippen molar-refractivity contribution in [2.45, 2.75) is 45.1 Å². The van der Waals surface area contributed by atoms with E-state index < -0.39 is 0 Å². The fraction of sp³-hybridized carbons (Fsp3) is 0.692. The number of fused-ring (bicyclic) bond motifs is 1. The van der Waals surface area contributed by atoms with Crippen molar-refractivity contribution in [3.63, 3.8) is 0 Å². The molecule has 0 atom stereocenters. The molecule has 3 rings (SSSR count). The highest BCUT2D eigenvalue weighted by atomic mass is 16.2. The lowest BCUT2D eigenvalue weighted by atomic mass is 9.88. The number of imidazole rings is 1. The molecule has 0 saturated heterocycles. The molecule has 1 aliphatic heterocycles. The van der Waals surface area contributed by atoms with E-state index in [9.17, 15) is 4.79 Å². The van der Waals surface area contributed by atoms with Gasteiger partial charge in [0.25, 0.3) is 0 Å². The summed E-state index contributed by atoms with van der Waals surface area (Å²) in [7, 11) is 0. The minimum atomic E-state index is 0.285. The molecule has 1 fully saturated rings. The van der Waals surface area contributed by atoms with Crippen molar-refractivity contribution in [1.29, 1.82) is 0 Å². The molecule has 0 aromatic carbocycles. The van der Waals surface area contributed by atoms with Gasteiger partial charge in [0.2, 0.25) is 5.91 Å². The second-order valence-corrected chi connectivity index (χ2v) is 5.17. The zero-order valence-corrected chi connectivity index (χ0v) is 10.1. The average Bonchev–Trinajstić information content (AvgIpc) is 2.86. The van der Waals surface area contributed by atoms with Crippen LogP contribution in [0.15, 0.2) is 6.33 Å². The zero-order chi connectivity index (χ0) is 11.7. The van der Waals surface area contributed by atoms with E-state index in [4.69, 9.17) is 0 Å². The number of nitrogens with one attached hydrogen (secondary N) is 1. The maximum absolute atomic E-state index is 12.4. The summed E-state index contributed by atoms with van der Waals surface area (Å²) in [5.74, 6) is 0.651. The van der Waals surface area contributed by atoms with E-state index in [2.05, 4.69) is 9.97 Å². The Hall–Kier alpha value is -1.32. The lowest BCUT2D eigenvalue weighted by Gasteiger charge is -2.31. The molecule has 1 aromatic heterocycles. The Morgan fingerprint density at radius 3 is 3.00 bits per heavy atom. The molecule has 0 radical (unpaired) electrons. The van der Waals surface area contributed by atoms with Crippen LogP contribution in [0.5, 0.6) is 0 Å². The fourth-order valence-electron chi connectivity index (χ4n) is 3.01. The van der Waals surface area contributed by atoms with Gasteiger partial charge in [0.05, 0.1) is 24.3 Å². The summed E-state index contributed by atoms with van der Waals surface area (Å²) in [6.07, 6.45) is 8.56. The summed E-state index contributed by atoms with van der Waals surface area (Å²) in [4.78, 5) is 21.8. The SMILES string of the molecule is O=C(C1CCCCC1)N1CCc2nc[nH]c2C1. The van der Waals surface area contributed by atoms with E-state index in [0.29, 0.717) is 5.91 Å². The second-order valence-electron chi connectivity index (χ2n) is 5.17. The Kier molecular flexibility index (Phi) is 2.87. The van der Waals surface area contributed by atoms with Crippen LogP contribution in [0.1, 0.15) is 43.5 Å². The molecule has 4 nitrogen and oxygen atoms in total. The highest BCUT2D eigenvalue weighted by Crippen LogP contribution is 2.27. The number of carbonyl (C=O) groups excluding carboxylic acids is 1. The first-order chi connectivity index (χ1) is 8.34. The van der Waals surface area contributed by atoms with E-state index in [-0.39, 0.29) is 5.92 Å². The van der Waals surface area contributed by atoms with Crippen molar-refractivity contribution < 1.29 is 4.79 Å². The molecule has 92 valence electrons. The Morgan fingerprint density at radius 2 is 2.18 bits per heavy atom. The number of nitrogens with zero attached hydrogens (tertiary/aromatic N) is 2. The summed E-state index contributed by atoms with van der Waals surface area (Å²) in [6.45, 7) is 1.57. The number of aromatic nitrogens is 2. The first-order valence-electron chi connectivity index (χ1n) is 6.64. The van der Waals surface area contributed by atoms with E-state index >= 15 is 0 Å². The topological polar surface area (TPSA) is 49.0 Å². The van der Waals surface area contributed by atoms with Gasteiger partial charge >= 0.3 is 0 Å². The molecule has 1 aliphatic carbocycles. The number of carbonyl (C=O) groups is 1. The lowest BCUT2D eigenvalue weighted by Crippen LogP contribution is -2.40. The van der Waals surface area contributed by atoms with Crippen molar-refractivity contribution >= 4 is 5.91 Å². The zero-order valence-electron chi connectivity index (χ0n) is 10.1. The van der Waals surface area contributed by atoms with Crippen LogP contribution in [-0.4, -0.2) is 27.3 Å². The molecule has 4 heteroatoms. The van der Waals surface area contributed by atoms with E-state index in [1.54, 1.807) is 6.33 Å². The van der Waals surface area contributed by atoms with Crippen LogP contribution in [0.25, 0.3) is 0 Å². The Bertz CT molecular complexity index is 407. The van der Waals surface area contributed by atoms with Gasteiger partial charge in [0.15, 0.2) is 0 Å². The highest BCUT2D eigenvalue weighted by Gasteiger charge is 2.28. The highest BCUT2D eigenvalue weighted by molar-refractivity contribution is 5.79. The molecule has 1 saturated carbocycles. The standard InChI is InChI=1S/C13H19N3O/c17-13(10-4-2-1-3-5-10)16-7-6-11-12(8-16)15-9-14-11/h9-10H,1-8H2,(H,14,15). The smallest absolute Gasteiger partial charge is 0.226 e. The Morgan fingerprint density at radius 1 is 1.35 bits per heavy atom. The van der Waals surface area contributed by atoms with Gasteiger partial charge in [-0.15, -0.1) is 0 Å². The second kappa shape index (κ2) is 4.51. The number of hydrogen-bond donors (Lipinski definition) is 1. The van der Waals surface area contributed by atoms with Gasteiger partial charge in [-0.1, -0.05) is 19.3 Å². The largest absolute Gasteiger partial charge is 0.347 e. The average molecular weight is 233 g/mol. The Labute approximate surface area is 101 Å². The molecular weight excluding hydrogens is 214 g/mol. The molecular formula is C13H19N3O. The maximum Gasteiger partial charge on any atom is 0.226 e. The van der Waals surface area contributed by atoms with Gasteiger partial charge in [-0.3, -0.25) is 4.79 Å². The van der Waals surface area contributed by atoms with Gasteiger partial charge in [-0.05, 0) is 12.8 Å². The monoisotopic (exact) mass is 233 g/mol. The molecule has 2 heterocycles. The van der Waals surface area contributed by atoms with Crippen LogP contribution in [0.4, 0.5) is 0 Å². The van der Waals surface area contributed by atoms with Crippen LogP contribution in [0.3, 0.4) is 0 Å². The predicted molar refractivity (Wildman–Crippen MR) is 64.3 cm³/mol. The molecule has 1 amide bonds. The molecule has 1 N–H and O–H groups in total. The lowest BCUT2D eigenvalue weighted by molar-refractivity contribution is -0.137. The quantitative estimate of drug-likeness (QED) is 0.805. The van der Waals surface area contributed by atoms with E-state index in [1.807, 2.05) is 4.90 Å². The molecule has 17 heavy (non-hydrogen) atoms. The summed E-state index contributed by atoms with van der Waals surface area (Å²) in [6, 6.07) is 0. The van der Waals surface area contributed by atoms with Gasteiger partial charge in [0, 0.05) is 18.9 Å². The minimum Gasteiger partial charge on any atom is -0.347 e. The normalized spacial score (nSPS) is 21.3. The third-order valence-electron chi connectivity index (χ3n) is 4.04. The summed E-state index contributed by atoms with van der Waals surface area (Å²) in [5, 5.41) is 0. The van der Waals surface area contributed by atoms with Crippen molar-refractivity contribution in [1.82, 2.24) is 14.9 Å². The van der Waals surface area contributed by atoms with Crippen molar-refractivity contribution in [3.8, 4) is 0 Å². The van der Waals surface area contributed by atoms with Crippen molar-refractivity contribution in [2.24, 2.45) is 5.92 Å². The maximum atomic E-state index is 12.4. The van der Waals surface area contributed by atoms with Crippen molar-refractivity contribution in [3.05, 3.63) is 17.7 Å². The fourth-order valence-corrected chi connectivity index (χ4v) is 3.01. The van der Waals surface area contributed by atoms with Crippen LogP contribution in [-0.2, 0) is 17.8 Å². The van der Waals surface area contributed by atoms with Crippen molar-refractivity contribution in [2.75, 3.05) is 6.54 Å². The van der Waals surface area contributed by atoms with E-state index in [0.717, 1.165) is 43.7 Å². The first-order valence-corrected chi connectivity index (χ1v) is 6.64. The first kappa shape index (κ1) is 10.8. The van der Waals surface area contributed by atoms with Gasteiger partial charge in [-0.25, -0.2) is 4.98 Å². The van der Waals surface area contributed by atoms with Crippen LogP contribution < -0.4 is 0 Å². The molecule has 1 aromatic rings. The Balaban J connectivity index is 1.67. The minimum absolute atomic E-state index is 0.285. The summed E-state index contributed by atoms with van der Waals surface area (Å²) < 4.78 is 0. The molecule has 0 unspecified atom stereocenters. The number of rotatable bonds is 1. The summed E-state index contributed by atoms with van der Waals surface area (Å²) in [5.41, 5.74) is 2.26. The van der Waals surface area contributed by atoms with E-state index in [1.165, 1.54) is 19.3 Å². The summed E-state index contributed by atoms with van der Waals surface area (Å²) >= 11 is 0. The molecule has 2 aliphatic rings.